The molecule has 0 spiro atoms. The number of nitrogens with zero attached hydrogens (tertiary/aromatic N) is 3. The molecular weight excluding hydrogens is 230 g/mol. The lowest BCUT2D eigenvalue weighted by molar-refractivity contribution is 0.442. The first-order valence-electron chi connectivity index (χ1n) is 6.29. The Kier molecular flexibility index (Phi) is 2.66. The molecule has 0 radical (unpaired) electrons. The molecule has 6 heteroatoms. The summed E-state index contributed by atoms with van der Waals surface area (Å²) in [7, 11) is 0. The van der Waals surface area contributed by atoms with Gasteiger partial charge in [-0.25, -0.2) is 4.98 Å². The summed E-state index contributed by atoms with van der Waals surface area (Å²) in [5.74, 6) is 0.783. The number of hydrogen-bond acceptors (Lipinski definition) is 6. The molecule has 0 atom stereocenters. The number of rotatable bonds is 3. The summed E-state index contributed by atoms with van der Waals surface area (Å²) in [5, 5.41) is 8.29. The van der Waals surface area contributed by atoms with Crippen molar-refractivity contribution >= 4 is 16.9 Å². The third-order valence-corrected chi connectivity index (χ3v) is 3.78. The molecule has 2 aromatic rings. The summed E-state index contributed by atoms with van der Waals surface area (Å²) < 4.78 is 5.15. The van der Waals surface area contributed by atoms with Gasteiger partial charge in [-0.2, -0.15) is 4.98 Å². The Balaban J connectivity index is 2.01. The first-order valence-corrected chi connectivity index (χ1v) is 6.29. The van der Waals surface area contributed by atoms with Crippen LogP contribution in [0.2, 0.25) is 0 Å². The summed E-state index contributed by atoms with van der Waals surface area (Å²) in [6, 6.07) is 0. The van der Waals surface area contributed by atoms with Gasteiger partial charge in [-0.1, -0.05) is 18.0 Å². The van der Waals surface area contributed by atoms with Crippen LogP contribution in [-0.4, -0.2) is 27.2 Å². The van der Waals surface area contributed by atoms with Crippen molar-refractivity contribution in [1.29, 1.82) is 0 Å². The first-order chi connectivity index (χ1) is 8.74. The van der Waals surface area contributed by atoms with Gasteiger partial charge >= 0.3 is 0 Å². The van der Waals surface area contributed by atoms with Crippen LogP contribution in [-0.2, 0) is 0 Å². The van der Waals surface area contributed by atoms with Crippen LogP contribution in [0, 0.1) is 6.92 Å². The summed E-state index contributed by atoms with van der Waals surface area (Å²) >= 11 is 0. The van der Waals surface area contributed by atoms with Gasteiger partial charge in [-0.15, -0.1) is 0 Å². The SMILES string of the molecule is Cc1noc2ncnc(NC3(CN)CCCC3)c12. The average Bonchev–Trinajstić information content (AvgIpc) is 2.99. The first kappa shape index (κ1) is 11.4. The summed E-state index contributed by atoms with van der Waals surface area (Å²) in [6.07, 6.45) is 6.08. The molecule has 2 aromatic heterocycles. The summed E-state index contributed by atoms with van der Waals surface area (Å²) in [6.45, 7) is 2.51. The van der Waals surface area contributed by atoms with Crippen LogP contribution >= 0.6 is 0 Å². The van der Waals surface area contributed by atoms with Crippen LogP contribution in [0.25, 0.3) is 11.1 Å². The molecule has 0 aromatic carbocycles. The molecule has 0 unspecified atom stereocenters. The fourth-order valence-corrected chi connectivity index (χ4v) is 2.70. The van der Waals surface area contributed by atoms with Gasteiger partial charge in [-0.05, 0) is 19.8 Å². The molecule has 2 heterocycles. The van der Waals surface area contributed by atoms with Gasteiger partial charge < -0.3 is 15.6 Å². The van der Waals surface area contributed by atoms with Crippen LogP contribution in [0.4, 0.5) is 5.82 Å². The molecule has 1 saturated carbocycles. The molecule has 3 rings (SSSR count). The highest BCUT2D eigenvalue weighted by atomic mass is 16.5. The standard InChI is InChI=1S/C12H17N5O/c1-8-9-10(14-7-15-11(9)18-17-8)16-12(6-13)4-2-3-5-12/h7H,2-6,13H2,1H3,(H,14,15,16). The highest BCUT2D eigenvalue weighted by Crippen LogP contribution is 2.34. The number of fused-ring (bicyclic) bond motifs is 1. The van der Waals surface area contributed by atoms with E-state index >= 15 is 0 Å². The van der Waals surface area contributed by atoms with Crippen LogP contribution in [0.3, 0.4) is 0 Å². The highest BCUT2D eigenvalue weighted by molar-refractivity contribution is 5.87. The smallest absolute Gasteiger partial charge is 0.263 e. The van der Waals surface area contributed by atoms with Crippen molar-refractivity contribution in [3.63, 3.8) is 0 Å². The van der Waals surface area contributed by atoms with Gasteiger partial charge in [0, 0.05) is 6.54 Å². The van der Waals surface area contributed by atoms with E-state index in [2.05, 4.69) is 20.4 Å². The van der Waals surface area contributed by atoms with E-state index < -0.39 is 0 Å². The van der Waals surface area contributed by atoms with E-state index in [1.54, 1.807) is 0 Å². The number of nitrogens with one attached hydrogen (secondary N) is 1. The van der Waals surface area contributed by atoms with E-state index in [1.165, 1.54) is 19.2 Å². The summed E-state index contributed by atoms with van der Waals surface area (Å²) in [4.78, 5) is 8.39. The zero-order valence-electron chi connectivity index (χ0n) is 10.4. The molecule has 0 saturated heterocycles. The van der Waals surface area contributed by atoms with Crippen LogP contribution in [0.1, 0.15) is 31.4 Å². The minimum atomic E-state index is -0.0367. The van der Waals surface area contributed by atoms with E-state index in [9.17, 15) is 0 Å². The third-order valence-electron chi connectivity index (χ3n) is 3.78. The van der Waals surface area contributed by atoms with Gasteiger partial charge in [0.25, 0.3) is 5.71 Å². The molecule has 1 fully saturated rings. The Labute approximate surface area is 105 Å². The van der Waals surface area contributed by atoms with E-state index in [-0.39, 0.29) is 5.54 Å². The zero-order chi connectivity index (χ0) is 12.6. The lowest BCUT2D eigenvalue weighted by Gasteiger charge is -2.29. The van der Waals surface area contributed by atoms with Gasteiger partial charge in [0.1, 0.15) is 17.5 Å². The molecular formula is C12H17N5O. The second kappa shape index (κ2) is 4.20. The minimum Gasteiger partial charge on any atom is -0.363 e. The van der Waals surface area contributed by atoms with E-state index in [4.69, 9.17) is 10.3 Å². The van der Waals surface area contributed by atoms with Crippen molar-refractivity contribution < 1.29 is 4.52 Å². The fraction of sp³-hybridized carbons (Fsp3) is 0.583. The predicted molar refractivity (Wildman–Crippen MR) is 68.2 cm³/mol. The number of aromatic nitrogens is 3. The maximum Gasteiger partial charge on any atom is 0.263 e. The number of hydrogen-bond donors (Lipinski definition) is 2. The molecule has 0 amide bonds. The second-order valence-corrected chi connectivity index (χ2v) is 4.99. The molecule has 0 aliphatic heterocycles. The Morgan fingerprint density at radius 3 is 2.89 bits per heavy atom. The van der Waals surface area contributed by atoms with Crippen LogP contribution in [0.15, 0.2) is 10.9 Å². The number of nitrogens with two attached hydrogens (primary N) is 1. The fourth-order valence-electron chi connectivity index (χ4n) is 2.70. The Morgan fingerprint density at radius 1 is 1.39 bits per heavy atom. The molecule has 96 valence electrons. The summed E-state index contributed by atoms with van der Waals surface area (Å²) in [5.41, 5.74) is 7.22. The second-order valence-electron chi connectivity index (χ2n) is 4.99. The topological polar surface area (TPSA) is 89.9 Å². The third kappa shape index (κ3) is 1.73. The van der Waals surface area contributed by atoms with Crippen LogP contribution < -0.4 is 11.1 Å². The molecule has 0 bridgehead atoms. The molecule has 6 nitrogen and oxygen atoms in total. The molecule has 1 aliphatic carbocycles. The normalized spacial score (nSPS) is 18.3. The van der Waals surface area contributed by atoms with Crippen molar-refractivity contribution in [2.24, 2.45) is 5.73 Å². The molecule has 3 N–H and O–H groups in total. The molecule has 1 aliphatic rings. The zero-order valence-corrected chi connectivity index (χ0v) is 10.4. The van der Waals surface area contributed by atoms with Crippen molar-refractivity contribution in [1.82, 2.24) is 15.1 Å². The Morgan fingerprint density at radius 2 is 2.17 bits per heavy atom. The largest absolute Gasteiger partial charge is 0.363 e. The van der Waals surface area contributed by atoms with Gasteiger partial charge in [0.05, 0.1) is 11.2 Å². The quantitative estimate of drug-likeness (QED) is 0.856. The van der Waals surface area contributed by atoms with Crippen molar-refractivity contribution in [3.05, 3.63) is 12.0 Å². The Hall–Kier alpha value is -1.69. The van der Waals surface area contributed by atoms with Crippen molar-refractivity contribution in [2.75, 3.05) is 11.9 Å². The van der Waals surface area contributed by atoms with Gasteiger partial charge in [0.15, 0.2) is 0 Å². The number of aryl methyl sites for hydroxylation is 1. The van der Waals surface area contributed by atoms with E-state index in [0.29, 0.717) is 12.3 Å². The number of anilines is 1. The van der Waals surface area contributed by atoms with Crippen molar-refractivity contribution in [3.8, 4) is 0 Å². The van der Waals surface area contributed by atoms with Gasteiger partial charge in [-0.3, -0.25) is 0 Å². The van der Waals surface area contributed by atoms with Crippen LogP contribution in [0.5, 0.6) is 0 Å². The molecule has 18 heavy (non-hydrogen) atoms. The maximum absolute atomic E-state index is 5.93. The van der Waals surface area contributed by atoms with E-state index in [0.717, 1.165) is 29.7 Å². The predicted octanol–water partition coefficient (Wildman–Crippen LogP) is 1.61. The maximum atomic E-state index is 5.93. The monoisotopic (exact) mass is 247 g/mol. The lowest BCUT2D eigenvalue weighted by Crippen LogP contribution is -2.43. The lowest BCUT2D eigenvalue weighted by atomic mass is 9.97. The highest BCUT2D eigenvalue weighted by Gasteiger charge is 2.33. The van der Waals surface area contributed by atoms with E-state index in [1.807, 2.05) is 6.92 Å². The van der Waals surface area contributed by atoms with Gasteiger partial charge in [0.2, 0.25) is 0 Å². The minimum absolute atomic E-state index is 0.0367. The van der Waals surface area contributed by atoms with Crippen molar-refractivity contribution in [2.45, 2.75) is 38.1 Å². The Bertz CT molecular complexity index is 559. The average molecular weight is 247 g/mol.